The molecule has 6 saturated heterocycles. The van der Waals surface area contributed by atoms with Gasteiger partial charge in [-0.2, -0.15) is 0 Å². The third kappa shape index (κ3) is 18.5. The molecule has 3 saturated carbocycles. The maximum Gasteiger partial charge on any atom is 0.410 e. The fourth-order valence-electron chi connectivity index (χ4n) is 12.8. The van der Waals surface area contributed by atoms with Crippen LogP contribution in [0.15, 0.2) is 45.8 Å². The lowest BCUT2D eigenvalue weighted by atomic mass is 9.75. The largest absolute Gasteiger partial charge is 0.444 e. The number of fused-ring (bicyclic) bond motifs is 6. The highest BCUT2D eigenvalue weighted by atomic mass is 35.5. The van der Waals surface area contributed by atoms with E-state index in [0.29, 0.717) is 87.5 Å². The molecule has 4 bridgehead atoms. The second-order valence-electron chi connectivity index (χ2n) is 26.8. The lowest BCUT2D eigenvalue weighted by Crippen LogP contribution is -2.37. The molecule has 96 heavy (non-hydrogen) atoms. The molecular formula is C63H84Cl5N15O10S3. The average molecular weight is 1480 g/mol. The number of amides is 2. The highest BCUT2D eigenvalue weighted by molar-refractivity contribution is 7.98. The van der Waals surface area contributed by atoms with Crippen LogP contribution in [0, 0.1) is 37.2 Å². The number of anilines is 2. The molecule has 33 heteroatoms. The van der Waals surface area contributed by atoms with Gasteiger partial charge in [-0.1, -0.05) is 91.5 Å². The summed E-state index contributed by atoms with van der Waals surface area (Å²) < 4.78 is 68.1. The number of aromatic nitrogens is 10. The minimum atomic E-state index is -3.51. The molecule has 9 fully saturated rings. The lowest BCUT2D eigenvalue weighted by Gasteiger charge is -2.29. The molecule has 0 aromatic carbocycles. The van der Waals surface area contributed by atoms with Gasteiger partial charge in [0.15, 0.2) is 5.16 Å². The summed E-state index contributed by atoms with van der Waals surface area (Å²) >= 11 is 31.2. The summed E-state index contributed by atoms with van der Waals surface area (Å²) in [6.45, 7) is 28.0. The highest BCUT2D eigenvalue weighted by Gasteiger charge is 2.60. The van der Waals surface area contributed by atoms with E-state index in [1.54, 1.807) is 34.9 Å². The molecule has 10 atom stereocenters. The van der Waals surface area contributed by atoms with Crippen molar-refractivity contribution in [2.45, 2.75) is 177 Å². The van der Waals surface area contributed by atoms with Crippen LogP contribution in [0.25, 0.3) is 4.85 Å². The summed E-state index contributed by atoms with van der Waals surface area (Å²) in [5.41, 5.74) is 1.05. The van der Waals surface area contributed by atoms with E-state index in [-0.39, 0.29) is 77.6 Å². The molecule has 11 heterocycles. The van der Waals surface area contributed by atoms with E-state index in [9.17, 15) is 26.4 Å². The van der Waals surface area contributed by atoms with Crippen molar-refractivity contribution in [3.8, 4) is 0 Å². The zero-order valence-electron chi connectivity index (χ0n) is 54.0. The third-order valence-electron chi connectivity index (χ3n) is 17.4. The Morgan fingerprint density at radius 3 is 1.43 bits per heavy atom. The van der Waals surface area contributed by atoms with Crippen molar-refractivity contribution in [3.63, 3.8) is 0 Å². The normalized spacial score (nSPS) is 25.0. The van der Waals surface area contributed by atoms with Crippen molar-refractivity contribution in [1.29, 1.82) is 0 Å². The Bertz CT molecular complexity index is 3920. The van der Waals surface area contributed by atoms with Gasteiger partial charge in [0.25, 0.3) is 5.54 Å². The summed E-state index contributed by atoms with van der Waals surface area (Å²) in [4.78, 5) is 77.2. The smallest absolute Gasteiger partial charge is 0.410 e. The van der Waals surface area contributed by atoms with Crippen LogP contribution in [0.3, 0.4) is 0 Å². The number of likely N-dealkylation sites (tertiary alicyclic amines) is 2. The minimum Gasteiger partial charge on any atom is -0.444 e. The standard InChI is InChI=1S/C15H20ClN3O4S.C15H20ClN3O2S.C11H14ClN3O.C10H12ClN3O3S.C10H10ClN3.2CH4/c1-15(2,3)23-14(20)19-6-8-9(7-19)12(8)10-5-11(16)18-13(17-10)24(4,21)22;1-15(2,3)21-14(20)19-6-8-9(7-19)12(8)10-5-11(16)18-13(17-10)22-4;1-2-10-13-9(12)4-11(14-10)15-5-8-3-7(15)6-16-8;1-18(15,16)10-12-8(11)3-9(13-10)14-4-7-2-6(14)5-17-7;1-7-13-8(6-9(11)14-7)10(12-2)4-3-5-10;;/h5,8-9,12H,6-7H2,1-4H3;5,8-9,12H,6-7H2,1-4H3;4,7-8H,2-3,5-6H2,1H3;3,6-7H,2,4-5H2,1H3;6H,3-5H2,1H3;2*1H4/t2*8-,9+,12?;7-,8-;6-,7-;;;/m..00.../s1. The van der Waals surface area contributed by atoms with Gasteiger partial charge in [0, 0.05) is 101 Å². The number of ether oxygens (including phenoxy) is 4. The summed E-state index contributed by atoms with van der Waals surface area (Å²) in [6.07, 6.45) is 9.89. The highest BCUT2D eigenvalue weighted by Crippen LogP contribution is 2.59. The van der Waals surface area contributed by atoms with Gasteiger partial charge < -0.3 is 43.4 Å². The molecule has 9 aliphatic rings. The van der Waals surface area contributed by atoms with Gasteiger partial charge in [-0.05, 0) is 110 Å². The van der Waals surface area contributed by atoms with Crippen LogP contribution < -0.4 is 9.80 Å². The van der Waals surface area contributed by atoms with Gasteiger partial charge in [-0.15, -0.1) is 0 Å². The van der Waals surface area contributed by atoms with Crippen LogP contribution in [-0.2, 0) is 50.6 Å². The SMILES string of the molecule is C.C.CC(C)(C)OC(=O)N1C[C@@H]2C(c3cc(Cl)nc(S(C)(=O)=O)n3)[C@@H]2C1.CCc1nc(Cl)cc(N2C[C@@H]3C[C@H]2CO3)n1.CS(=O)(=O)c1nc(Cl)cc(N2C[C@@H]3C[C@H]2CO3)n1.CSc1nc(Cl)cc(C2[C@H]3CN(C(=O)OC(C)(C)C)C[C@@H]23)n1.[C-]#[N+]C1(c2cc(Cl)nc(C)n2)CCC1. The molecule has 25 nitrogen and oxygen atoms in total. The van der Waals surface area contributed by atoms with E-state index < -0.39 is 36.4 Å². The number of halogens is 5. The van der Waals surface area contributed by atoms with Crippen molar-refractivity contribution in [1.82, 2.24) is 59.6 Å². The number of rotatable bonds is 9. The number of nitrogens with zero attached hydrogens (tertiary/aromatic N) is 15. The molecule has 2 unspecified atom stereocenters. The number of carbonyl (C=O) groups is 2. The first kappa shape index (κ1) is 76.4. The summed E-state index contributed by atoms with van der Waals surface area (Å²) in [5.74, 6) is 4.93. The van der Waals surface area contributed by atoms with E-state index in [1.165, 1.54) is 11.8 Å². The first-order valence-electron chi connectivity index (χ1n) is 30.8. The topological polar surface area (TPSA) is 286 Å². The summed E-state index contributed by atoms with van der Waals surface area (Å²) in [5, 5.41) is 1.94. The van der Waals surface area contributed by atoms with Gasteiger partial charge in [-0.25, -0.2) is 82.8 Å². The fourth-order valence-corrected chi connectivity index (χ4v) is 15.4. The number of morpholine rings is 2. The molecule has 5 aromatic rings. The molecule has 3 aliphatic carbocycles. The number of piperidine rings is 2. The minimum absolute atomic E-state index is 0. The van der Waals surface area contributed by atoms with Crippen molar-refractivity contribution >= 4 is 113 Å². The predicted octanol–water partition coefficient (Wildman–Crippen LogP) is 11.7. The van der Waals surface area contributed by atoms with E-state index in [2.05, 4.69) is 59.6 Å². The summed E-state index contributed by atoms with van der Waals surface area (Å²) in [7, 11) is -6.97. The quantitative estimate of drug-likeness (QED) is 0.0573. The number of hydrogen-bond donors (Lipinski definition) is 0. The van der Waals surface area contributed by atoms with Crippen molar-refractivity contribution in [2.75, 3.05) is 81.0 Å². The van der Waals surface area contributed by atoms with Crippen LogP contribution in [-0.4, -0.2) is 195 Å². The predicted molar refractivity (Wildman–Crippen MR) is 369 cm³/mol. The number of hydrogen-bond acceptors (Lipinski definition) is 23. The van der Waals surface area contributed by atoms with Crippen molar-refractivity contribution in [3.05, 3.63) is 96.2 Å². The van der Waals surface area contributed by atoms with Gasteiger partial charge in [0.2, 0.25) is 30.0 Å². The van der Waals surface area contributed by atoms with E-state index in [4.69, 9.17) is 83.5 Å². The monoisotopic (exact) mass is 1480 g/mol. The number of sulfone groups is 2. The van der Waals surface area contributed by atoms with Crippen LogP contribution >= 0.6 is 69.8 Å². The zero-order chi connectivity index (χ0) is 68.1. The van der Waals surface area contributed by atoms with E-state index in [1.807, 2.05) is 71.8 Å². The fraction of sp³-hybridized carbons (Fsp3) is 0.635. The van der Waals surface area contributed by atoms with Crippen LogP contribution in [0.5, 0.6) is 0 Å². The molecular weight excluding hydrogens is 1400 g/mol. The van der Waals surface area contributed by atoms with Crippen LogP contribution in [0.2, 0.25) is 25.8 Å². The Kier molecular flexibility index (Phi) is 24.1. The number of thioether (sulfide) groups is 1. The van der Waals surface area contributed by atoms with E-state index >= 15 is 0 Å². The third-order valence-corrected chi connectivity index (χ3v) is 20.6. The molecule has 524 valence electrons. The lowest BCUT2D eigenvalue weighted by molar-refractivity contribution is 0.0260. The number of aryl methyl sites for hydroxylation is 2. The van der Waals surface area contributed by atoms with Crippen molar-refractivity contribution in [2.24, 2.45) is 23.7 Å². The molecule has 0 N–H and O–H groups in total. The van der Waals surface area contributed by atoms with Gasteiger partial charge >= 0.3 is 12.2 Å². The maximum atomic E-state index is 12.1. The van der Waals surface area contributed by atoms with Gasteiger partial charge in [-0.3, -0.25) is 0 Å². The number of carbonyl (C=O) groups excluding carboxylic acids is 2. The molecule has 0 radical (unpaired) electrons. The van der Waals surface area contributed by atoms with Gasteiger partial charge in [0.1, 0.15) is 65.9 Å². The van der Waals surface area contributed by atoms with Crippen LogP contribution in [0.1, 0.15) is 136 Å². The zero-order valence-corrected chi connectivity index (χ0v) is 60.2. The summed E-state index contributed by atoms with van der Waals surface area (Å²) in [6, 6.07) is 9.34. The molecule has 5 aromatic heterocycles. The Hall–Kier alpha value is -5.35. The molecule has 6 aliphatic heterocycles. The van der Waals surface area contributed by atoms with E-state index in [0.717, 1.165) is 107 Å². The van der Waals surface area contributed by atoms with Gasteiger partial charge in [0.05, 0.1) is 48.9 Å². The molecule has 14 rings (SSSR count). The Morgan fingerprint density at radius 2 is 1.04 bits per heavy atom. The van der Waals surface area contributed by atoms with Crippen molar-refractivity contribution < 1.29 is 45.4 Å². The average Bonchev–Trinajstić information content (AvgIpc) is 1.57. The Balaban J connectivity index is 0.000000154. The molecule has 0 spiro atoms. The van der Waals surface area contributed by atoms with Crippen LogP contribution in [0.4, 0.5) is 21.2 Å². The molecule has 2 amide bonds. The first-order chi connectivity index (χ1) is 44.1. The Labute approximate surface area is 592 Å². The second-order valence-corrected chi connectivity index (χ2v) is 33.3. The first-order valence-corrected chi connectivity index (χ1v) is 37.7. The second kappa shape index (κ2) is 30.2. The maximum absolute atomic E-state index is 12.1. The Morgan fingerprint density at radius 1 is 0.615 bits per heavy atom.